The van der Waals surface area contributed by atoms with Crippen LogP contribution in [0.4, 0.5) is 5.82 Å². The number of nitrogens with two attached hydrogens (primary N) is 1. The summed E-state index contributed by atoms with van der Waals surface area (Å²) in [6.45, 7) is 6.28. The Kier molecular flexibility index (Phi) is 3.77. The summed E-state index contributed by atoms with van der Waals surface area (Å²) in [6, 6.07) is 8.06. The van der Waals surface area contributed by atoms with Crippen LogP contribution in [-0.4, -0.2) is 19.9 Å². The van der Waals surface area contributed by atoms with Gasteiger partial charge in [-0.1, -0.05) is 6.07 Å². The van der Waals surface area contributed by atoms with Gasteiger partial charge in [-0.2, -0.15) is 0 Å². The lowest BCUT2D eigenvalue weighted by Gasteiger charge is -2.22. The predicted octanol–water partition coefficient (Wildman–Crippen LogP) is 4.43. The van der Waals surface area contributed by atoms with Gasteiger partial charge in [-0.05, 0) is 39.0 Å². The number of nitrogen functional groups attached to an aromatic ring is 1. The SMILES string of the molecule is Cc1csc(-c2nc(N)c3cc(C(C)(C)c4ccccn4)sc3n2)n1. The third-order valence-corrected chi connectivity index (χ3v) is 6.46. The zero-order valence-corrected chi connectivity index (χ0v) is 15.8. The van der Waals surface area contributed by atoms with Gasteiger partial charge in [0.1, 0.15) is 10.6 Å². The highest BCUT2D eigenvalue weighted by atomic mass is 32.1. The molecule has 4 aromatic heterocycles. The quantitative estimate of drug-likeness (QED) is 0.580. The minimum atomic E-state index is -0.225. The summed E-state index contributed by atoms with van der Waals surface area (Å²) in [4.78, 5) is 20.2. The van der Waals surface area contributed by atoms with E-state index in [-0.39, 0.29) is 5.41 Å². The predicted molar refractivity (Wildman–Crippen MR) is 104 cm³/mol. The number of aryl methyl sites for hydroxylation is 1. The minimum absolute atomic E-state index is 0.225. The molecule has 0 atom stereocenters. The van der Waals surface area contributed by atoms with Crippen molar-refractivity contribution in [3.8, 4) is 10.8 Å². The van der Waals surface area contributed by atoms with Crippen molar-refractivity contribution >= 4 is 38.7 Å². The molecule has 0 saturated heterocycles. The van der Waals surface area contributed by atoms with Gasteiger partial charge < -0.3 is 5.73 Å². The van der Waals surface area contributed by atoms with Crippen LogP contribution in [0.5, 0.6) is 0 Å². The maximum absolute atomic E-state index is 6.21. The highest BCUT2D eigenvalue weighted by Gasteiger charge is 2.27. The molecule has 0 fully saturated rings. The molecule has 4 rings (SSSR count). The molecule has 0 amide bonds. The van der Waals surface area contributed by atoms with Crippen LogP contribution in [0.15, 0.2) is 35.8 Å². The third-order valence-electron chi connectivity index (χ3n) is 4.15. The number of pyridine rings is 1. The number of thiazole rings is 1. The van der Waals surface area contributed by atoms with Crippen molar-refractivity contribution in [2.24, 2.45) is 0 Å². The van der Waals surface area contributed by atoms with Crippen LogP contribution in [0.2, 0.25) is 0 Å². The average Bonchev–Trinajstić information content (AvgIpc) is 3.22. The number of nitrogens with zero attached hydrogens (tertiary/aromatic N) is 4. The molecule has 0 aliphatic rings. The first-order chi connectivity index (χ1) is 11.9. The molecule has 5 nitrogen and oxygen atoms in total. The number of aromatic nitrogens is 4. The molecule has 2 N–H and O–H groups in total. The second-order valence-corrected chi connectivity index (χ2v) is 8.28. The van der Waals surface area contributed by atoms with E-state index in [0.717, 1.165) is 31.5 Å². The summed E-state index contributed by atoms with van der Waals surface area (Å²) >= 11 is 3.17. The van der Waals surface area contributed by atoms with Crippen molar-refractivity contribution in [2.45, 2.75) is 26.2 Å². The zero-order valence-electron chi connectivity index (χ0n) is 14.1. The van der Waals surface area contributed by atoms with E-state index >= 15 is 0 Å². The van der Waals surface area contributed by atoms with Crippen LogP contribution < -0.4 is 5.73 Å². The second-order valence-electron chi connectivity index (χ2n) is 6.40. The van der Waals surface area contributed by atoms with E-state index in [0.29, 0.717) is 11.6 Å². The lowest BCUT2D eigenvalue weighted by Crippen LogP contribution is -2.18. The molecule has 0 unspecified atom stereocenters. The first kappa shape index (κ1) is 16.1. The Balaban J connectivity index is 1.84. The van der Waals surface area contributed by atoms with E-state index < -0.39 is 0 Å². The van der Waals surface area contributed by atoms with E-state index in [1.165, 1.54) is 11.3 Å². The van der Waals surface area contributed by atoms with E-state index in [1.807, 2.05) is 36.7 Å². The first-order valence-electron chi connectivity index (χ1n) is 7.86. The van der Waals surface area contributed by atoms with Gasteiger partial charge in [-0.25, -0.2) is 15.0 Å². The van der Waals surface area contributed by atoms with Crippen LogP contribution in [-0.2, 0) is 5.41 Å². The number of thiophene rings is 1. The van der Waals surface area contributed by atoms with Gasteiger partial charge in [0.25, 0.3) is 0 Å². The molecule has 0 saturated carbocycles. The highest BCUT2D eigenvalue weighted by Crippen LogP contribution is 2.39. The Morgan fingerprint density at radius 2 is 1.96 bits per heavy atom. The molecular formula is C18H17N5S2. The van der Waals surface area contributed by atoms with E-state index in [4.69, 9.17) is 10.7 Å². The summed E-state index contributed by atoms with van der Waals surface area (Å²) in [5.74, 6) is 1.08. The van der Waals surface area contributed by atoms with Crippen molar-refractivity contribution in [3.05, 3.63) is 52.1 Å². The molecule has 0 aliphatic heterocycles. The molecule has 0 aromatic carbocycles. The maximum Gasteiger partial charge on any atom is 0.192 e. The number of hydrogen-bond donors (Lipinski definition) is 1. The number of anilines is 1. The fourth-order valence-corrected chi connectivity index (χ4v) is 4.54. The fraction of sp³-hybridized carbons (Fsp3) is 0.222. The van der Waals surface area contributed by atoms with Crippen molar-refractivity contribution in [3.63, 3.8) is 0 Å². The van der Waals surface area contributed by atoms with Crippen molar-refractivity contribution < 1.29 is 0 Å². The topological polar surface area (TPSA) is 77.6 Å². The molecule has 0 spiro atoms. The molecule has 7 heteroatoms. The first-order valence-corrected chi connectivity index (χ1v) is 9.56. The van der Waals surface area contributed by atoms with Crippen LogP contribution in [0.1, 0.15) is 30.1 Å². The van der Waals surface area contributed by atoms with Gasteiger partial charge in [0.2, 0.25) is 0 Å². The lowest BCUT2D eigenvalue weighted by molar-refractivity contribution is 0.631. The van der Waals surface area contributed by atoms with Crippen molar-refractivity contribution in [1.82, 2.24) is 19.9 Å². The zero-order chi connectivity index (χ0) is 17.6. The van der Waals surface area contributed by atoms with E-state index in [9.17, 15) is 0 Å². The van der Waals surface area contributed by atoms with Crippen LogP contribution in [0.25, 0.3) is 21.0 Å². The molecule has 25 heavy (non-hydrogen) atoms. The van der Waals surface area contributed by atoms with Crippen molar-refractivity contribution in [1.29, 1.82) is 0 Å². The van der Waals surface area contributed by atoms with E-state index in [2.05, 4.69) is 34.9 Å². The Hall–Kier alpha value is -2.38. The third kappa shape index (κ3) is 2.79. The van der Waals surface area contributed by atoms with Gasteiger partial charge in [-0.3, -0.25) is 4.98 Å². The molecule has 126 valence electrons. The van der Waals surface area contributed by atoms with Gasteiger partial charge >= 0.3 is 0 Å². The monoisotopic (exact) mass is 367 g/mol. The summed E-state index contributed by atoms with van der Waals surface area (Å²) < 4.78 is 0. The van der Waals surface area contributed by atoms with Gasteiger partial charge in [0.05, 0.1) is 11.1 Å². The summed E-state index contributed by atoms with van der Waals surface area (Å²) in [5.41, 5.74) is 7.97. The van der Waals surface area contributed by atoms with Crippen LogP contribution in [0.3, 0.4) is 0 Å². The molecule has 0 bridgehead atoms. The number of fused-ring (bicyclic) bond motifs is 1. The summed E-state index contributed by atoms with van der Waals surface area (Å²) in [7, 11) is 0. The fourth-order valence-electron chi connectivity index (χ4n) is 2.66. The minimum Gasteiger partial charge on any atom is -0.383 e. The maximum atomic E-state index is 6.21. The Morgan fingerprint density at radius 1 is 1.12 bits per heavy atom. The summed E-state index contributed by atoms with van der Waals surface area (Å²) in [5, 5.41) is 3.68. The van der Waals surface area contributed by atoms with Crippen LogP contribution in [0, 0.1) is 6.92 Å². The Morgan fingerprint density at radius 3 is 2.64 bits per heavy atom. The second kappa shape index (κ2) is 5.86. The standard InChI is InChI=1S/C18H17N5S2/c1-10-9-24-17(21-10)15-22-14(19)11-8-13(25-16(11)23-15)18(2,3)12-6-4-5-7-20-12/h4-9H,1-3H3,(H2,19,22,23). The molecule has 0 radical (unpaired) electrons. The summed E-state index contributed by atoms with van der Waals surface area (Å²) in [6.07, 6.45) is 1.82. The number of hydrogen-bond acceptors (Lipinski definition) is 7. The van der Waals surface area contributed by atoms with Crippen LogP contribution >= 0.6 is 22.7 Å². The molecule has 4 aromatic rings. The molecule has 0 aliphatic carbocycles. The molecular weight excluding hydrogens is 350 g/mol. The molecule has 4 heterocycles. The smallest absolute Gasteiger partial charge is 0.192 e. The highest BCUT2D eigenvalue weighted by molar-refractivity contribution is 7.19. The van der Waals surface area contributed by atoms with Gasteiger partial charge in [-0.15, -0.1) is 22.7 Å². The Labute approximate surface area is 153 Å². The largest absolute Gasteiger partial charge is 0.383 e. The lowest BCUT2D eigenvalue weighted by atomic mass is 9.87. The van der Waals surface area contributed by atoms with Gasteiger partial charge in [0.15, 0.2) is 10.8 Å². The average molecular weight is 368 g/mol. The number of rotatable bonds is 3. The van der Waals surface area contributed by atoms with Crippen molar-refractivity contribution in [2.75, 3.05) is 5.73 Å². The van der Waals surface area contributed by atoms with Gasteiger partial charge in [0, 0.05) is 27.6 Å². The Bertz CT molecular complexity index is 1050. The van der Waals surface area contributed by atoms with E-state index in [1.54, 1.807) is 11.3 Å². The normalized spacial score (nSPS) is 12.0.